The first-order valence-corrected chi connectivity index (χ1v) is 7.82. The average Bonchev–Trinajstić information content (AvgIpc) is 2.31. The molecule has 1 fully saturated rings. The van der Waals surface area contributed by atoms with Gasteiger partial charge < -0.3 is 15.7 Å². The van der Waals surface area contributed by atoms with Gasteiger partial charge in [0, 0.05) is 11.0 Å². The van der Waals surface area contributed by atoms with E-state index in [2.05, 4.69) is 26.6 Å². The van der Waals surface area contributed by atoms with Crippen molar-refractivity contribution in [3.8, 4) is 0 Å². The topological polar surface area (TPSA) is 78.4 Å². The smallest absolute Gasteiger partial charge is 0.319 e. The summed E-state index contributed by atoms with van der Waals surface area (Å²) in [5.41, 5.74) is -0.554. The standard InChI is InChI=1S/C13H13BrCl2N2O3/c14-7-4-8(15)10(9(16)5-7)18-12(21)17-6-13(11(19)20)2-1-3-13/h4-5H,1-3,6H2,(H,19,20)(H2,17,18,21). The second-order valence-corrected chi connectivity index (χ2v) is 6.72. The number of aliphatic carboxylic acids is 1. The zero-order valence-corrected chi connectivity index (χ0v) is 14.0. The lowest BCUT2D eigenvalue weighted by Crippen LogP contribution is -2.48. The van der Waals surface area contributed by atoms with Gasteiger partial charge in [-0.2, -0.15) is 0 Å². The third kappa shape index (κ3) is 3.62. The van der Waals surface area contributed by atoms with Crippen molar-refractivity contribution in [2.24, 2.45) is 5.41 Å². The van der Waals surface area contributed by atoms with E-state index in [0.717, 1.165) is 6.42 Å². The largest absolute Gasteiger partial charge is 0.481 e. The first-order chi connectivity index (χ1) is 9.84. The van der Waals surface area contributed by atoms with Crippen LogP contribution < -0.4 is 10.6 Å². The number of anilines is 1. The number of rotatable bonds is 4. The van der Waals surface area contributed by atoms with E-state index in [0.29, 0.717) is 27.4 Å². The van der Waals surface area contributed by atoms with Crippen molar-refractivity contribution in [3.05, 3.63) is 26.7 Å². The van der Waals surface area contributed by atoms with Crippen LogP contribution >= 0.6 is 39.1 Å². The number of carbonyl (C=O) groups excluding carboxylic acids is 1. The normalized spacial score (nSPS) is 16.0. The molecule has 1 aliphatic carbocycles. The predicted molar refractivity (Wildman–Crippen MR) is 85.1 cm³/mol. The Hall–Kier alpha value is -0.980. The van der Waals surface area contributed by atoms with Crippen molar-refractivity contribution < 1.29 is 14.7 Å². The SMILES string of the molecule is O=C(NCC1(C(=O)O)CCC1)Nc1c(Cl)cc(Br)cc1Cl. The van der Waals surface area contributed by atoms with Gasteiger partial charge in [-0.05, 0) is 25.0 Å². The van der Waals surface area contributed by atoms with Gasteiger partial charge in [-0.25, -0.2) is 4.79 Å². The van der Waals surface area contributed by atoms with Gasteiger partial charge in [-0.3, -0.25) is 4.79 Å². The number of carboxylic acids is 1. The van der Waals surface area contributed by atoms with Gasteiger partial charge in [0.15, 0.2) is 0 Å². The van der Waals surface area contributed by atoms with Crippen LogP contribution in [0.5, 0.6) is 0 Å². The molecule has 0 aromatic heterocycles. The lowest BCUT2D eigenvalue weighted by molar-refractivity contribution is -0.153. The van der Waals surface area contributed by atoms with Gasteiger partial charge in [0.1, 0.15) is 0 Å². The molecule has 0 atom stereocenters. The summed E-state index contributed by atoms with van der Waals surface area (Å²) in [6, 6.07) is 2.68. The fraction of sp³-hybridized carbons (Fsp3) is 0.385. The van der Waals surface area contributed by atoms with E-state index in [9.17, 15) is 14.7 Å². The van der Waals surface area contributed by atoms with E-state index < -0.39 is 17.4 Å². The molecule has 1 aliphatic rings. The molecule has 0 saturated heterocycles. The molecule has 0 unspecified atom stereocenters. The van der Waals surface area contributed by atoms with Crippen LogP contribution in [0.4, 0.5) is 10.5 Å². The van der Waals surface area contributed by atoms with E-state index >= 15 is 0 Å². The average molecular weight is 396 g/mol. The van der Waals surface area contributed by atoms with Crippen LogP contribution in [-0.2, 0) is 4.79 Å². The molecule has 5 nitrogen and oxygen atoms in total. The number of hydrogen-bond acceptors (Lipinski definition) is 2. The summed E-state index contributed by atoms with van der Waals surface area (Å²) >= 11 is 15.3. The summed E-state index contributed by atoms with van der Waals surface area (Å²) in [4.78, 5) is 23.1. The van der Waals surface area contributed by atoms with Crippen molar-refractivity contribution in [2.75, 3.05) is 11.9 Å². The minimum absolute atomic E-state index is 0.0833. The van der Waals surface area contributed by atoms with Crippen LogP contribution in [0, 0.1) is 5.41 Å². The van der Waals surface area contributed by atoms with E-state index in [4.69, 9.17) is 23.2 Å². The van der Waals surface area contributed by atoms with Crippen molar-refractivity contribution in [1.82, 2.24) is 5.32 Å². The Balaban J connectivity index is 1.98. The number of carbonyl (C=O) groups is 2. The minimum Gasteiger partial charge on any atom is -0.481 e. The highest BCUT2D eigenvalue weighted by molar-refractivity contribution is 9.10. The summed E-state index contributed by atoms with van der Waals surface area (Å²) in [6.07, 6.45) is 2.00. The number of amides is 2. The summed E-state index contributed by atoms with van der Waals surface area (Å²) < 4.78 is 0.697. The second-order valence-electron chi connectivity index (χ2n) is 4.99. The van der Waals surface area contributed by atoms with Gasteiger partial charge >= 0.3 is 12.0 Å². The van der Waals surface area contributed by atoms with Gasteiger partial charge in [0.25, 0.3) is 0 Å². The lowest BCUT2D eigenvalue weighted by Gasteiger charge is -2.37. The monoisotopic (exact) mass is 394 g/mol. The van der Waals surface area contributed by atoms with Gasteiger partial charge in [0.2, 0.25) is 0 Å². The molecule has 2 rings (SSSR count). The van der Waals surface area contributed by atoms with Crippen LogP contribution in [0.2, 0.25) is 10.0 Å². The van der Waals surface area contributed by atoms with Crippen LogP contribution in [0.25, 0.3) is 0 Å². The maximum Gasteiger partial charge on any atom is 0.319 e. The summed E-state index contributed by atoms with van der Waals surface area (Å²) in [5, 5.41) is 14.9. The third-order valence-corrected chi connectivity index (χ3v) is 4.65. The fourth-order valence-electron chi connectivity index (χ4n) is 2.14. The molecule has 8 heteroatoms. The number of halogens is 3. The highest BCUT2D eigenvalue weighted by Crippen LogP contribution is 2.40. The molecule has 114 valence electrons. The first kappa shape index (κ1) is 16.4. The van der Waals surface area contributed by atoms with Crippen LogP contribution in [-0.4, -0.2) is 23.7 Å². The van der Waals surface area contributed by atoms with Gasteiger partial charge in [-0.15, -0.1) is 0 Å². The molecule has 0 bridgehead atoms. The Kier molecular flexibility index (Phi) is 5.01. The van der Waals surface area contributed by atoms with Crippen molar-refractivity contribution in [3.63, 3.8) is 0 Å². The minimum atomic E-state index is -0.881. The molecule has 1 saturated carbocycles. The molecular formula is C13H13BrCl2N2O3. The highest BCUT2D eigenvalue weighted by Gasteiger charge is 2.44. The first-order valence-electron chi connectivity index (χ1n) is 6.27. The van der Waals surface area contributed by atoms with E-state index in [1.165, 1.54) is 0 Å². The van der Waals surface area contributed by atoms with E-state index in [-0.39, 0.29) is 12.2 Å². The zero-order valence-electron chi connectivity index (χ0n) is 10.9. The summed E-state index contributed by atoms with van der Waals surface area (Å²) in [7, 11) is 0. The number of urea groups is 1. The molecule has 21 heavy (non-hydrogen) atoms. The lowest BCUT2D eigenvalue weighted by atomic mass is 9.69. The molecule has 1 aromatic carbocycles. The number of hydrogen-bond donors (Lipinski definition) is 3. The van der Waals surface area contributed by atoms with Crippen molar-refractivity contribution in [1.29, 1.82) is 0 Å². The predicted octanol–water partition coefficient (Wildman–Crippen LogP) is 4.13. The fourth-order valence-corrected chi connectivity index (χ4v) is 3.44. The van der Waals surface area contributed by atoms with Crippen LogP contribution in [0.3, 0.4) is 0 Å². The van der Waals surface area contributed by atoms with Gasteiger partial charge in [0.05, 0.1) is 21.1 Å². The maximum absolute atomic E-state index is 11.9. The third-order valence-electron chi connectivity index (χ3n) is 3.60. The zero-order chi connectivity index (χ0) is 15.6. The Morgan fingerprint density at radius 3 is 2.29 bits per heavy atom. The van der Waals surface area contributed by atoms with Crippen LogP contribution in [0.1, 0.15) is 19.3 Å². The highest BCUT2D eigenvalue weighted by atomic mass is 79.9. The van der Waals surface area contributed by atoms with Crippen molar-refractivity contribution >= 4 is 56.8 Å². The van der Waals surface area contributed by atoms with Crippen LogP contribution in [0.15, 0.2) is 16.6 Å². The molecule has 0 spiro atoms. The molecule has 3 N–H and O–H groups in total. The summed E-state index contributed by atoms with van der Waals surface area (Å²) in [6.45, 7) is 0.0833. The van der Waals surface area contributed by atoms with E-state index in [1.807, 2.05) is 0 Å². The molecular weight excluding hydrogens is 383 g/mol. The maximum atomic E-state index is 11.9. The molecule has 1 aromatic rings. The Morgan fingerprint density at radius 2 is 1.86 bits per heavy atom. The molecule has 0 aliphatic heterocycles. The Morgan fingerprint density at radius 1 is 1.29 bits per heavy atom. The number of carboxylic acid groups (broad SMARTS) is 1. The van der Waals surface area contributed by atoms with Crippen molar-refractivity contribution in [2.45, 2.75) is 19.3 Å². The Bertz CT molecular complexity index is 568. The van der Waals surface area contributed by atoms with E-state index in [1.54, 1.807) is 12.1 Å². The quantitative estimate of drug-likeness (QED) is 0.716. The number of nitrogens with one attached hydrogen (secondary N) is 2. The summed E-state index contributed by atoms with van der Waals surface area (Å²) in [5.74, 6) is -0.881. The van der Waals surface area contributed by atoms with Gasteiger partial charge in [-0.1, -0.05) is 45.6 Å². The molecule has 2 amide bonds. The molecule has 0 radical (unpaired) electrons. The number of benzene rings is 1. The molecule has 0 heterocycles. The Labute approximate surface area is 140 Å². The second kappa shape index (κ2) is 6.42.